The van der Waals surface area contributed by atoms with Crippen LogP contribution in [0.3, 0.4) is 0 Å². The van der Waals surface area contributed by atoms with E-state index in [4.69, 9.17) is 0 Å². The fraction of sp³-hybridized carbons (Fsp3) is 0.533. The fourth-order valence-electron chi connectivity index (χ4n) is 2.47. The number of nitrogens with zero attached hydrogens (tertiary/aromatic N) is 1. The maximum Gasteiger partial charge on any atom is 0.251 e. The summed E-state index contributed by atoms with van der Waals surface area (Å²) < 4.78 is 0. The number of anilines is 1. The van der Waals surface area contributed by atoms with Crippen LogP contribution in [0.1, 0.15) is 36.0 Å². The fourth-order valence-corrected chi connectivity index (χ4v) is 2.47. The largest absolute Gasteiger partial charge is 0.388 e. The third-order valence-corrected chi connectivity index (χ3v) is 3.76. The molecule has 1 amide bonds. The molecule has 19 heavy (non-hydrogen) atoms. The summed E-state index contributed by atoms with van der Waals surface area (Å²) in [5.41, 5.74) is 0.998. The normalized spacial score (nSPS) is 17.2. The number of carbonyl (C=O) groups excluding carboxylic acids is 1. The average molecular weight is 262 g/mol. The number of benzene rings is 1. The second kappa shape index (κ2) is 5.61. The maximum atomic E-state index is 12.0. The van der Waals surface area contributed by atoms with Gasteiger partial charge in [-0.3, -0.25) is 4.79 Å². The van der Waals surface area contributed by atoms with Crippen molar-refractivity contribution in [2.45, 2.75) is 31.3 Å². The predicted octanol–water partition coefficient (Wildman–Crippen LogP) is 1.79. The number of nitrogens with one attached hydrogen (secondary N) is 1. The van der Waals surface area contributed by atoms with Crippen LogP contribution in [0, 0.1) is 0 Å². The van der Waals surface area contributed by atoms with Gasteiger partial charge in [-0.05, 0) is 37.1 Å². The first-order valence-corrected chi connectivity index (χ1v) is 6.78. The van der Waals surface area contributed by atoms with Crippen LogP contribution in [0.2, 0.25) is 0 Å². The summed E-state index contributed by atoms with van der Waals surface area (Å²) >= 11 is 0. The number of aliphatic hydroxyl groups is 1. The molecule has 2 N–H and O–H groups in total. The third-order valence-electron chi connectivity index (χ3n) is 3.76. The van der Waals surface area contributed by atoms with Crippen molar-refractivity contribution in [3.63, 3.8) is 0 Å². The number of hydrogen-bond acceptors (Lipinski definition) is 3. The lowest BCUT2D eigenvalue weighted by atomic mass is 10.0. The van der Waals surface area contributed by atoms with E-state index >= 15 is 0 Å². The van der Waals surface area contributed by atoms with Crippen molar-refractivity contribution in [1.29, 1.82) is 0 Å². The second-order valence-electron chi connectivity index (χ2n) is 5.56. The van der Waals surface area contributed by atoms with Crippen molar-refractivity contribution in [2.75, 3.05) is 25.5 Å². The first kappa shape index (κ1) is 13.9. The molecule has 0 saturated heterocycles. The summed E-state index contributed by atoms with van der Waals surface area (Å²) in [5, 5.41) is 13.0. The van der Waals surface area contributed by atoms with E-state index in [1.807, 2.05) is 43.3 Å². The zero-order valence-corrected chi connectivity index (χ0v) is 11.6. The van der Waals surface area contributed by atoms with Gasteiger partial charge in [-0.2, -0.15) is 0 Å². The van der Waals surface area contributed by atoms with E-state index in [0.717, 1.165) is 31.4 Å². The molecule has 2 rings (SSSR count). The zero-order chi connectivity index (χ0) is 13.9. The van der Waals surface area contributed by atoms with Gasteiger partial charge in [0, 0.05) is 31.9 Å². The molecule has 4 nitrogen and oxygen atoms in total. The van der Waals surface area contributed by atoms with Crippen molar-refractivity contribution < 1.29 is 9.90 Å². The summed E-state index contributed by atoms with van der Waals surface area (Å²) in [4.78, 5) is 14.0. The third kappa shape index (κ3) is 3.47. The van der Waals surface area contributed by atoms with Gasteiger partial charge in [0.2, 0.25) is 0 Å². The minimum atomic E-state index is -0.695. The van der Waals surface area contributed by atoms with Crippen LogP contribution in [-0.2, 0) is 0 Å². The van der Waals surface area contributed by atoms with E-state index in [2.05, 4.69) is 5.32 Å². The van der Waals surface area contributed by atoms with E-state index in [9.17, 15) is 9.90 Å². The van der Waals surface area contributed by atoms with Crippen LogP contribution < -0.4 is 10.2 Å². The summed E-state index contributed by atoms with van der Waals surface area (Å²) in [6.07, 6.45) is 3.66. The van der Waals surface area contributed by atoms with Crippen molar-refractivity contribution in [3.8, 4) is 0 Å². The van der Waals surface area contributed by atoms with E-state index in [0.29, 0.717) is 12.1 Å². The summed E-state index contributed by atoms with van der Waals surface area (Å²) in [7, 11) is 3.93. The quantitative estimate of drug-likeness (QED) is 0.870. The molecule has 0 heterocycles. The van der Waals surface area contributed by atoms with Gasteiger partial charge in [-0.25, -0.2) is 0 Å². The first-order valence-electron chi connectivity index (χ1n) is 6.78. The number of hydrogen-bond donors (Lipinski definition) is 2. The lowest BCUT2D eigenvalue weighted by molar-refractivity contribution is 0.0449. The molecular formula is C15H22N2O2. The van der Waals surface area contributed by atoms with Gasteiger partial charge in [0.15, 0.2) is 0 Å². The Balaban J connectivity index is 1.92. The number of amides is 1. The van der Waals surface area contributed by atoms with E-state index in [-0.39, 0.29) is 5.91 Å². The highest BCUT2D eigenvalue weighted by Gasteiger charge is 2.31. The SMILES string of the molecule is CN(C)c1ccc(C(=O)NCC2(O)CCCC2)cc1. The molecule has 1 saturated carbocycles. The molecule has 1 aliphatic carbocycles. The van der Waals surface area contributed by atoms with Gasteiger partial charge in [0.1, 0.15) is 0 Å². The van der Waals surface area contributed by atoms with E-state index in [1.165, 1.54) is 0 Å². The first-order chi connectivity index (χ1) is 9.00. The molecular weight excluding hydrogens is 240 g/mol. The van der Waals surface area contributed by atoms with Gasteiger partial charge in [-0.1, -0.05) is 12.8 Å². The summed E-state index contributed by atoms with van der Waals surface area (Å²) in [6.45, 7) is 0.348. The Hall–Kier alpha value is -1.55. The Morgan fingerprint density at radius 2 is 1.84 bits per heavy atom. The van der Waals surface area contributed by atoms with Crippen molar-refractivity contribution in [2.24, 2.45) is 0 Å². The standard InChI is InChI=1S/C15H22N2O2/c1-17(2)13-7-5-12(6-8-13)14(18)16-11-15(19)9-3-4-10-15/h5-8,19H,3-4,9-11H2,1-2H3,(H,16,18). The maximum absolute atomic E-state index is 12.0. The zero-order valence-electron chi connectivity index (χ0n) is 11.6. The highest BCUT2D eigenvalue weighted by molar-refractivity contribution is 5.94. The topological polar surface area (TPSA) is 52.6 Å². The Labute approximate surface area is 114 Å². The van der Waals surface area contributed by atoms with Crippen molar-refractivity contribution in [1.82, 2.24) is 5.32 Å². The van der Waals surface area contributed by atoms with Crippen LogP contribution in [0.4, 0.5) is 5.69 Å². The van der Waals surface area contributed by atoms with Crippen LogP contribution in [0.15, 0.2) is 24.3 Å². The van der Waals surface area contributed by atoms with Crippen LogP contribution in [0.25, 0.3) is 0 Å². The van der Waals surface area contributed by atoms with Crippen LogP contribution in [-0.4, -0.2) is 37.3 Å². The molecule has 0 bridgehead atoms. The van der Waals surface area contributed by atoms with Gasteiger partial charge in [0.05, 0.1) is 5.60 Å². The Bertz CT molecular complexity index is 434. The Morgan fingerprint density at radius 1 is 1.26 bits per heavy atom. The molecule has 1 aromatic carbocycles. The molecule has 1 aromatic rings. The molecule has 1 aliphatic rings. The summed E-state index contributed by atoms with van der Waals surface area (Å²) in [5.74, 6) is -0.120. The molecule has 4 heteroatoms. The smallest absolute Gasteiger partial charge is 0.251 e. The molecule has 104 valence electrons. The minimum Gasteiger partial charge on any atom is -0.388 e. The van der Waals surface area contributed by atoms with E-state index in [1.54, 1.807) is 0 Å². The Morgan fingerprint density at radius 3 is 2.37 bits per heavy atom. The van der Waals surface area contributed by atoms with Crippen LogP contribution >= 0.6 is 0 Å². The molecule has 0 radical (unpaired) electrons. The lowest BCUT2D eigenvalue weighted by Crippen LogP contribution is -2.40. The average Bonchev–Trinajstić information content (AvgIpc) is 2.83. The van der Waals surface area contributed by atoms with Gasteiger partial charge in [-0.15, -0.1) is 0 Å². The highest BCUT2D eigenvalue weighted by Crippen LogP contribution is 2.28. The van der Waals surface area contributed by atoms with Crippen LogP contribution in [0.5, 0.6) is 0 Å². The second-order valence-corrected chi connectivity index (χ2v) is 5.56. The predicted molar refractivity (Wildman–Crippen MR) is 76.5 cm³/mol. The lowest BCUT2D eigenvalue weighted by Gasteiger charge is -2.22. The minimum absolute atomic E-state index is 0.120. The molecule has 0 spiro atoms. The van der Waals surface area contributed by atoms with Gasteiger partial charge in [0.25, 0.3) is 5.91 Å². The molecule has 0 aliphatic heterocycles. The number of carbonyl (C=O) groups is 1. The van der Waals surface area contributed by atoms with Gasteiger partial charge < -0.3 is 15.3 Å². The highest BCUT2D eigenvalue weighted by atomic mass is 16.3. The summed E-state index contributed by atoms with van der Waals surface area (Å²) in [6, 6.07) is 7.45. The van der Waals surface area contributed by atoms with Crippen molar-refractivity contribution in [3.05, 3.63) is 29.8 Å². The Kier molecular flexibility index (Phi) is 4.10. The molecule has 0 unspecified atom stereocenters. The van der Waals surface area contributed by atoms with Gasteiger partial charge >= 0.3 is 0 Å². The van der Waals surface area contributed by atoms with Crippen molar-refractivity contribution >= 4 is 11.6 Å². The molecule has 1 fully saturated rings. The molecule has 0 atom stereocenters. The molecule has 0 aromatic heterocycles. The van der Waals surface area contributed by atoms with E-state index < -0.39 is 5.60 Å². The number of rotatable bonds is 4. The monoisotopic (exact) mass is 262 g/mol.